The first-order valence-electron chi connectivity index (χ1n) is 6.34. The van der Waals surface area contributed by atoms with Gasteiger partial charge in [0, 0.05) is 6.07 Å². The number of aliphatic hydroxyl groups is 1. The first kappa shape index (κ1) is 16.6. The van der Waals surface area contributed by atoms with Gasteiger partial charge in [-0.3, -0.25) is 14.9 Å². The second-order valence-electron chi connectivity index (χ2n) is 4.66. The quantitative estimate of drug-likeness (QED) is 0.530. The van der Waals surface area contributed by atoms with Crippen LogP contribution in [0.3, 0.4) is 0 Å². The number of benzene rings is 2. The second kappa shape index (κ2) is 6.17. The summed E-state index contributed by atoms with van der Waals surface area (Å²) in [4.78, 5) is 22.1. The number of nitro benzene ring substituents is 1. The van der Waals surface area contributed by atoms with Gasteiger partial charge in [-0.2, -0.15) is 13.2 Å². The number of hydrogen-bond acceptors (Lipinski definition) is 4. The Morgan fingerprint density at radius 1 is 1.13 bits per heavy atom. The van der Waals surface area contributed by atoms with E-state index in [0.29, 0.717) is 12.1 Å². The molecule has 0 bridgehead atoms. The molecule has 0 heterocycles. The van der Waals surface area contributed by atoms with Crippen molar-refractivity contribution < 1.29 is 28.0 Å². The van der Waals surface area contributed by atoms with E-state index < -0.39 is 39.8 Å². The van der Waals surface area contributed by atoms with Crippen LogP contribution in [-0.2, 0) is 6.18 Å². The average Bonchev–Trinajstić information content (AvgIpc) is 2.52. The highest BCUT2D eigenvalue weighted by molar-refractivity contribution is 6.03. The van der Waals surface area contributed by atoms with E-state index in [2.05, 4.69) is 0 Å². The minimum Gasteiger partial charge on any atom is -0.380 e. The third kappa shape index (κ3) is 3.54. The fourth-order valence-electron chi connectivity index (χ4n) is 2.00. The summed E-state index contributed by atoms with van der Waals surface area (Å²) in [7, 11) is 0. The van der Waals surface area contributed by atoms with E-state index in [1.54, 1.807) is 18.2 Å². The van der Waals surface area contributed by atoms with Gasteiger partial charge in [-0.05, 0) is 17.7 Å². The maximum atomic E-state index is 12.6. The summed E-state index contributed by atoms with van der Waals surface area (Å²) in [6.45, 7) is 0. The molecule has 1 unspecified atom stereocenters. The topological polar surface area (TPSA) is 80.4 Å². The van der Waals surface area contributed by atoms with Crippen LogP contribution in [0.25, 0.3) is 0 Å². The summed E-state index contributed by atoms with van der Waals surface area (Å²) in [5, 5.41) is 21.0. The van der Waals surface area contributed by atoms with E-state index in [-0.39, 0.29) is 11.6 Å². The summed E-state index contributed by atoms with van der Waals surface area (Å²) in [6.07, 6.45) is -6.48. The molecule has 8 heteroatoms. The van der Waals surface area contributed by atoms with Gasteiger partial charge in [0.1, 0.15) is 6.10 Å². The molecule has 0 aliphatic rings. The molecule has 0 saturated heterocycles. The molecular formula is C15H10F3NO4. The van der Waals surface area contributed by atoms with Crippen LogP contribution in [0.2, 0.25) is 0 Å². The lowest BCUT2D eigenvalue weighted by atomic mass is 9.97. The minimum absolute atomic E-state index is 0.187. The van der Waals surface area contributed by atoms with Gasteiger partial charge < -0.3 is 5.11 Å². The van der Waals surface area contributed by atoms with E-state index in [1.165, 1.54) is 12.1 Å². The van der Waals surface area contributed by atoms with Crippen molar-refractivity contribution in [2.45, 2.75) is 12.3 Å². The number of halogens is 3. The molecule has 1 atom stereocenters. The van der Waals surface area contributed by atoms with Crippen molar-refractivity contribution in [2.75, 3.05) is 0 Å². The molecule has 0 aromatic heterocycles. The number of nitro groups is 1. The minimum atomic E-state index is -4.77. The zero-order valence-corrected chi connectivity index (χ0v) is 11.4. The van der Waals surface area contributed by atoms with E-state index >= 15 is 0 Å². The van der Waals surface area contributed by atoms with Gasteiger partial charge in [0.15, 0.2) is 0 Å². The number of aliphatic hydroxyl groups excluding tert-OH is 1. The predicted molar refractivity (Wildman–Crippen MR) is 73.8 cm³/mol. The van der Waals surface area contributed by atoms with Crippen LogP contribution in [-0.4, -0.2) is 15.8 Å². The predicted octanol–water partition coefficient (Wildman–Crippen LogP) is 3.53. The van der Waals surface area contributed by atoms with Crippen LogP contribution >= 0.6 is 0 Å². The number of alkyl halides is 3. The van der Waals surface area contributed by atoms with Crippen molar-refractivity contribution in [3.8, 4) is 0 Å². The molecule has 0 fully saturated rings. The highest BCUT2D eigenvalue weighted by Gasteiger charge is 2.35. The Morgan fingerprint density at radius 3 is 2.26 bits per heavy atom. The fourth-order valence-corrected chi connectivity index (χ4v) is 2.00. The van der Waals surface area contributed by atoms with Crippen LogP contribution in [0.1, 0.15) is 27.6 Å². The van der Waals surface area contributed by atoms with Crippen molar-refractivity contribution in [1.82, 2.24) is 0 Å². The molecule has 0 aliphatic carbocycles. The highest BCUT2D eigenvalue weighted by atomic mass is 19.4. The molecule has 2 aromatic carbocycles. The first-order valence-corrected chi connectivity index (χ1v) is 6.34. The average molecular weight is 325 g/mol. The molecule has 0 spiro atoms. The standard InChI is InChI=1S/C15H10F3NO4/c16-15(17,18)10-6-7-11(12(8-10)19(22)23)14(21)13(20)9-4-2-1-3-5-9/h1-8,13,20H. The summed E-state index contributed by atoms with van der Waals surface area (Å²) >= 11 is 0. The molecule has 1 N–H and O–H groups in total. The van der Waals surface area contributed by atoms with Crippen LogP contribution in [0.4, 0.5) is 18.9 Å². The molecule has 2 aromatic rings. The first-order chi connectivity index (χ1) is 10.7. The molecule has 23 heavy (non-hydrogen) atoms. The van der Waals surface area contributed by atoms with Crippen LogP contribution < -0.4 is 0 Å². The lowest BCUT2D eigenvalue weighted by Gasteiger charge is -2.12. The number of hydrogen-bond donors (Lipinski definition) is 1. The zero-order valence-electron chi connectivity index (χ0n) is 11.4. The fraction of sp³-hybridized carbons (Fsp3) is 0.133. The van der Waals surface area contributed by atoms with Gasteiger partial charge in [-0.1, -0.05) is 30.3 Å². The van der Waals surface area contributed by atoms with Crippen LogP contribution in [0.5, 0.6) is 0 Å². The number of carbonyl (C=O) groups excluding carboxylic acids is 1. The summed E-state index contributed by atoms with van der Waals surface area (Å²) < 4.78 is 37.9. The van der Waals surface area contributed by atoms with Gasteiger partial charge >= 0.3 is 6.18 Å². The third-order valence-electron chi connectivity index (χ3n) is 3.15. The zero-order chi connectivity index (χ0) is 17.2. The lowest BCUT2D eigenvalue weighted by Crippen LogP contribution is -2.15. The van der Waals surface area contributed by atoms with Crippen molar-refractivity contribution in [3.63, 3.8) is 0 Å². The molecule has 0 radical (unpaired) electrons. The van der Waals surface area contributed by atoms with Crippen molar-refractivity contribution in [3.05, 3.63) is 75.3 Å². The molecule has 120 valence electrons. The van der Waals surface area contributed by atoms with E-state index in [1.807, 2.05) is 0 Å². The molecule has 0 saturated carbocycles. The smallest absolute Gasteiger partial charge is 0.380 e. The van der Waals surface area contributed by atoms with Gasteiger partial charge in [0.05, 0.1) is 16.1 Å². The molecule has 0 amide bonds. The molecule has 0 aliphatic heterocycles. The van der Waals surface area contributed by atoms with E-state index in [4.69, 9.17) is 0 Å². The molecule has 5 nitrogen and oxygen atoms in total. The Balaban J connectivity index is 2.46. The van der Waals surface area contributed by atoms with Crippen molar-refractivity contribution >= 4 is 11.5 Å². The van der Waals surface area contributed by atoms with Crippen LogP contribution in [0.15, 0.2) is 48.5 Å². The number of rotatable bonds is 4. The Bertz CT molecular complexity index is 744. The Hall–Kier alpha value is -2.74. The van der Waals surface area contributed by atoms with Gasteiger partial charge in [-0.25, -0.2) is 0 Å². The van der Waals surface area contributed by atoms with E-state index in [9.17, 15) is 33.2 Å². The molecular weight excluding hydrogens is 315 g/mol. The Labute approximate surface area is 128 Å². The third-order valence-corrected chi connectivity index (χ3v) is 3.15. The lowest BCUT2D eigenvalue weighted by molar-refractivity contribution is -0.385. The van der Waals surface area contributed by atoms with Gasteiger partial charge in [0.25, 0.3) is 5.69 Å². The monoisotopic (exact) mass is 325 g/mol. The second-order valence-corrected chi connectivity index (χ2v) is 4.66. The molecule has 2 rings (SSSR count). The summed E-state index contributed by atoms with van der Waals surface area (Å²) in [5.41, 5.74) is -2.64. The van der Waals surface area contributed by atoms with Crippen molar-refractivity contribution in [2.24, 2.45) is 0 Å². The van der Waals surface area contributed by atoms with Gasteiger partial charge in [0.2, 0.25) is 5.78 Å². The van der Waals surface area contributed by atoms with Crippen molar-refractivity contribution in [1.29, 1.82) is 0 Å². The maximum absolute atomic E-state index is 12.6. The summed E-state index contributed by atoms with van der Waals surface area (Å²) in [5.74, 6) is -1.04. The number of ketones is 1. The number of Topliss-reactive ketones (excluding diaryl/α,β-unsaturated/α-hetero) is 1. The largest absolute Gasteiger partial charge is 0.416 e. The highest BCUT2D eigenvalue weighted by Crippen LogP contribution is 2.34. The Kier molecular flexibility index (Phi) is 4.46. The van der Waals surface area contributed by atoms with E-state index in [0.717, 1.165) is 0 Å². The number of nitrogens with zero attached hydrogens (tertiary/aromatic N) is 1. The maximum Gasteiger partial charge on any atom is 0.416 e. The summed E-state index contributed by atoms with van der Waals surface area (Å²) in [6, 6.07) is 9.15. The normalized spacial score (nSPS) is 12.7. The Morgan fingerprint density at radius 2 is 1.74 bits per heavy atom. The SMILES string of the molecule is O=C(c1ccc(C(F)(F)F)cc1[N+](=O)[O-])C(O)c1ccccc1. The van der Waals surface area contributed by atoms with Crippen LogP contribution in [0, 0.1) is 10.1 Å². The number of carbonyl (C=O) groups is 1. The van der Waals surface area contributed by atoms with Gasteiger partial charge in [-0.15, -0.1) is 0 Å².